The largest absolute Gasteiger partial charge is 0.398 e. The van der Waals surface area contributed by atoms with Gasteiger partial charge in [-0.25, -0.2) is 0 Å². The zero-order chi connectivity index (χ0) is 15.4. The van der Waals surface area contributed by atoms with Crippen LogP contribution in [0, 0.1) is 5.41 Å². The third-order valence-electron chi connectivity index (χ3n) is 2.89. The standard InChI is InChI=1S/C16H14ClN3O/c1-2-15(21)20-12-5-3-4-10(8-12)16(19)13-7-6-11(17)9-14(13)18/h2-9,19H,1,18H2,(H,20,21). The SMILES string of the molecule is C=CC(=O)Nc1cccc(C(=N)c2ccc(Cl)cc2N)c1. The van der Waals surface area contributed by atoms with E-state index in [0.29, 0.717) is 27.5 Å². The normalized spacial score (nSPS) is 9.95. The van der Waals surface area contributed by atoms with Gasteiger partial charge in [0, 0.05) is 27.5 Å². The van der Waals surface area contributed by atoms with Crippen molar-refractivity contribution in [1.82, 2.24) is 0 Å². The Morgan fingerprint density at radius 1 is 1.29 bits per heavy atom. The van der Waals surface area contributed by atoms with Crippen molar-refractivity contribution in [2.45, 2.75) is 0 Å². The molecule has 2 rings (SSSR count). The second-order valence-electron chi connectivity index (χ2n) is 4.38. The van der Waals surface area contributed by atoms with E-state index in [4.69, 9.17) is 22.7 Å². The van der Waals surface area contributed by atoms with Gasteiger partial charge in [0.1, 0.15) is 0 Å². The van der Waals surface area contributed by atoms with Crippen LogP contribution in [0.25, 0.3) is 0 Å². The first-order valence-corrected chi connectivity index (χ1v) is 6.57. The Morgan fingerprint density at radius 2 is 2.05 bits per heavy atom. The van der Waals surface area contributed by atoms with Gasteiger partial charge in [0.15, 0.2) is 0 Å². The van der Waals surface area contributed by atoms with Gasteiger partial charge in [-0.3, -0.25) is 10.2 Å². The van der Waals surface area contributed by atoms with Crippen LogP contribution in [0.15, 0.2) is 55.1 Å². The van der Waals surface area contributed by atoms with Crippen LogP contribution in [-0.2, 0) is 4.79 Å². The molecule has 0 spiro atoms. The molecule has 2 aromatic carbocycles. The molecular weight excluding hydrogens is 286 g/mol. The van der Waals surface area contributed by atoms with Gasteiger partial charge in [0.05, 0.1) is 5.71 Å². The molecule has 0 heterocycles. The number of anilines is 2. The fourth-order valence-corrected chi connectivity index (χ4v) is 2.04. The van der Waals surface area contributed by atoms with E-state index >= 15 is 0 Å². The summed E-state index contributed by atoms with van der Waals surface area (Å²) in [5.41, 5.74) is 8.42. The molecule has 0 bridgehead atoms. The van der Waals surface area contributed by atoms with E-state index in [9.17, 15) is 4.79 Å². The molecule has 106 valence electrons. The molecule has 4 N–H and O–H groups in total. The zero-order valence-electron chi connectivity index (χ0n) is 11.2. The lowest BCUT2D eigenvalue weighted by Crippen LogP contribution is -2.09. The Bertz CT molecular complexity index is 725. The van der Waals surface area contributed by atoms with Gasteiger partial charge in [-0.05, 0) is 36.4 Å². The first-order chi connectivity index (χ1) is 10.0. The van der Waals surface area contributed by atoms with Gasteiger partial charge in [0.2, 0.25) is 5.91 Å². The fourth-order valence-electron chi connectivity index (χ4n) is 1.86. The summed E-state index contributed by atoms with van der Waals surface area (Å²) in [7, 11) is 0. The molecule has 21 heavy (non-hydrogen) atoms. The second-order valence-corrected chi connectivity index (χ2v) is 4.82. The van der Waals surface area contributed by atoms with E-state index in [1.54, 1.807) is 42.5 Å². The number of halogens is 1. The van der Waals surface area contributed by atoms with Gasteiger partial charge in [-0.15, -0.1) is 0 Å². The average Bonchev–Trinajstić information content (AvgIpc) is 2.47. The summed E-state index contributed by atoms with van der Waals surface area (Å²) in [5.74, 6) is -0.301. The van der Waals surface area contributed by atoms with E-state index in [-0.39, 0.29) is 11.6 Å². The van der Waals surface area contributed by atoms with Crippen LogP contribution in [0.5, 0.6) is 0 Å². The summed E-state index contributed by atoms with van der Waals surface area (Å²) >= 11 is 5.86. The molecule has 0 atom stereocenters. The van der Waals surface area contributed by atoms with Gasteiger partial charge >= 0.3 is 0 Å². The van der Waals surface area contributed by atoms with E-state index in [0.717, 1.165) is 0 Å². The van der Waals surface area contributed by atoms with Crippen molar-refractivity contribution in [3.8, 4) is 0 Å². The first-order valence-electron chi connectivity index (χ1n) is 6.19. The van der Waals surface area contributed by atoms with E-state index in [2.05, 4.69) is 11.9 Å². The summed E-state index contributed by atoms with van der Waals surface area (Å²) in [6.07, 6.45) is 1.19. The van der Waals surface area contributed by atoms with Crippen LogP contribution in [-0.4, -0.2) is 11.6 Å². The minimum Gasteiger partial charge on any atom is -0.398 e. The Labute approximate surface area is 127 Å². The quantitative estimate of drug-likeness (QED) is 0.459. The summed E-state index contributed by atoms with van der Waals surface area (Å²) in [4.78, 5) is 11.3. The van der Waals surface area contributed by atoms with Crippen molar-refractivity contribution in [3.63, 3.8) is 0 Å². The maximum atomic E-state index is 11.3. The Hall–Kier alpha value is -2.59. The van der Waals surface area contributed by atoms with Crippen molar-refractivity contribution in [1.29, 1.82) is 5.41 Å². The smallest absolute Gasteiger partial charge is 0.247 e. The molecule has 0 aliphatic carbocycles. The molecule has 0 saturated carbocycles. The minimum atomic E-state index is -0.301. The predicted octanol–water partition coefficient (Wildman–Crippen LogP) is 3.46. The Kier molecular flexibility index (Phi) is 4.40. The van der Waals surface area contributed by atoms with Crippen LogP contribution in [0.4, 0.5) is 11.4 Å². The molecule has 0 radical (unpaired) electrons. The second kappa shape index (κ2) is 6.24. The van der Waals surface area contributed by atoms with Crippen molar-refractivity contribution >= 4 is 34.6 Å². The highest BCUT2D eigenvalue weighted by Gasteiger charge is 2.10. The summed E-state index contributed by atoms with van der Waals surface area (Å²) in [6, 6.07) is 12.0. The Morgan fingerprint density at radius 3 is 2.71 bits per heavy atom. The van der Waals surface area contributed by atoms with Crippen molar-refractivity contribution in [2.24, 2.45) is 0 Å². The van der Waals surface area contributed by atoms with Crippen LogP contribution < -0.4 is 11.1 Å². The molecular formula is C16H14ClN3O. The monoisotopic (exact) mass is 299 g/mol. The van der Waals surface area contributed by atoms with E-state index in [1.165, 1.54) is 6.08 Å². The summed E-state index contributed by atoms with van der Waals surface area (Å²) < 4.78 is 0. The number of carbonyl (C=O) groups is 1. The van der Waals surface area contributed by atoms with Crippen LogP contribution in [0.3, 0.4) is 0 Å². The highest BCUT2D eigenvalue weighted by molar-refractivity contribution is 6.31. The molecule has 2 aromatic rings. The van der Waals surface area contributed by atoms with Crippen LogP contribution in [0.2, 0.25) is 5.02 Å². The van der Waals surface area contributed by atoms with E-state index < -0.39 is 0 Å². The van der Waals surface area contributed by atoms with Crippen molar-refractivity contribution in [2.75, 3.05) is 11.1 Å². The number of nitrogen functional groups attached to an aromatic ring is 1. The number of carbonyl (C=O) groups excluding carboxylic acids is 1. The van der Waals surface area contributed by atoms with E-state index in [1.807, 2.05) is 0 Å². The van der Waals surface area contributed by atoms with Crippen molar-refractivity contribution in [3.05, 3.63) is 71.3 Å². The molecule has 0 aromatic heterocycles. The van der Waals surface area contributed by atoms with Gasteiger partial charge < -0.3 is 11.1 Å². The Balaban J connectivity index is 2.33. The minimum absolute atomic E-state index is 0.263. The lowest BCUT2D eigenvalue weighted by molar-refractivity contribution is -0.111. The zero-order valence-corrected chi connectivity index (χ0v) is 11.9. The van der Waals surface area contributed by atoms with Crippen molar-refractivity contribution < 1.29 is 4.79 Å². The van der Waals surface area contributed by atoms with Gasteiger partial charge in [-0.1, -0.05) is 30.3 Å². The molecule has 4 nitrogen and oxygen atoms in total. The molecule has 1 amide bonds. The summed E-state index contributed by atoms with van der Waals surface area (Å²) in [6.45, 7) is 3.40. The third-order valence-corrected chi connectivity index (χ3v) is 3.12. The fraction of sp³-hybridized carbons (Fsp3) is 0. The predicted molar refractivity (Wildman–Crippen MR) is 87.1 cm³/mol. The number of hydrogen-bond donors (Lipinski definition) is 3. The number of rotatable bonds is 4. The van der Waals surface area contributed by atoms with Crippen LogP contribution >= 0.6 is 11.6 Å². The average molecular weight is 300 g/mol. The van der Waals surface area contributed by atoms with Crippen LogP contribution in [0.1, 0.15) is 11.1 Å². The number of amides is 1. The maximum absolute atomic E-state index is 11.3. The number of nitrogens with one attached hydrogen (secondary N) is 2. The highest BCUT2D eigenvalue weighted by atomic mass is 35.5. The highest BCUT2D eigenvalue weighted by Crippen LogP contribution is 2.22. The van der Waals surface area contributed by atoms with Gasteiger partial charge in [-0.2, -0.15) is 0 Å². The number of benzene rings is 2. The number of hydrogen-bond acceptors (Lipinski definition) is 3. The lowest BCUT2D eigenvalue weighted by atomic mass is 10.0. The number of nitrogens with two attached hydrogens (primary N) is 1. The first kappa shape index (κ1) is 14.8. The molecule has 0 aliphatic heterocycles. The molecule has 0 unspecified atom stereocenters. The maximum Gasteiger partial charge on any atom is 0.247 e. The lowest BCUT2D eigenvalue weighted by Gasteiger charge is -2.10. The third kappa shape index (κ3) is 3.49. The topological polar surface area (TPSA) is 79.0 Å². The molecule has 0 fully saturated rings. The molecule has 5 heteroatoms. The summed E-state index contributed by atoms with van der Waals surface area (Å²) in [5, 5.41) is 11.4. The molecule has 0 aliphatic rings. The van der Waals surface area contributed by atoms with Gasteiger partial charge in [0.25, 0.3) is 0 Å². The molecule has 0 saturated heterocycles.